The van der Waals surface area contributed by atoms with Gasteiger partial charge < -0.3 is 15.2 Å². The van der Waals surface area contributed by atoms with E-state index in [0.29, 0.717) is 16.8 Å². The van der Waals surface area contributed by atoms with E-state index in [1.807, 2.05) is 42.5 Å². The number of fused-ring (bicyclic) bond motifs is 4. The third-order valence-corrected chi connectivity index (χ3v) is 3.59. The van der Waals surface area contributed by atoms with Crippen molar-refractivity contribution in [1.82, 2.24) is 0 Å². The maximum absolute atomic E-state index is 11.5. The van der Waals surface area contributed by atoms with Crippen molar-refractivity contribution in [3.63, 3.8) is 0 Å². The number of rotatable bonds is 1. The first-order valence-corrected chi connectivity index (χ1v) is 6.57. The second-order valence-electron chi connectivity index (χ2n) is 4.87. The normalized spacial score (nSPS) is 12.0. The van der Waals surface area contributed by atoms with Crippen molar-refractivity contribution in [2.45, 2.75) is 0 Å². The number of carboxylic acids is 1. The summed E-state index contributed by atoms with van der Waals surface area (Å²) < 4.78 is 5.97. The minimum Gasteiger partial charge on any atom is -0.478 e. The van der Waals surface area contributed by atoms with E-state index in [4.69, 9.17) is 4.74 Å². The first-order valence-electron chi connectivity index (χ1n) is 6.57. The number of aromatic carboxylic acids is 1. The number of nitrogens with one attached hydrogen (secondary N) is 1. The van der Waals surface area contributed by atoms with Crippen LogP contribution in [0.2, 0.25) is 0 Å². The van der Waals surface area contributed by atoms with Gasteiger partial charge in [-0.2, -0.15) is 0 Å². The van der Waals surface area contributed by atoms with E-state index >= 15 is 0 Å². The second kappa shape index (κ2) is 4.24. The Morgan fingerprint density at radius 2 is 1.67 bits per heavy atom. The molecule has 4 nitrogen and oxygen atoms in total. The highest BCUT2D eigenvalue weighted by atomic mass is 16.5. The Labute approximate surface area is 120 Å². The zero-order valence-corrected chi connectivity index (χ0v) is 11.0. The lowest BCUT2D eigenvalue weighted by Gasteiger charge is -2.23. The lowest BCUT2D eigenvalue weighted by atomic mass is 10.0. The summed E-state index contributed by atoms with van der Waals surface area (Å²) in [7, 11) is 0. The molecular formula is C17H11NO3. The molecule has 4 rings (SSSR count). The lowest BCUT2D eigenvalue weighted by molar-refractivity contribution is 0.0699. The Morgan fingerprint density at radius 1 is 0.952 bits per heavy atom. The van der Waals surface area contributed by atoms with Crippen LogP contribution in [0.25, 0.3) is 10.8 Å². The van der Waals surface area contributed by atoms with Gasteiger partial charge in [-0.15, -0.1) is 0 Å². The summed E-state index contributed by atoms with van der Waals surface area (Å²) >= 11 is 0. The number of anilines is 2. The van der Waals surface area contributed by atoms with Crippen LogP contribution in [0.1, 0.15) is 10.4 Å². The molecule has 1 aliphatic rings. The van der Waals surface area contributed by atoms with Crippen LogP contribution in [-0.2, 0) is 0 Å². The summed E-state index contributed by atoms with van der Waals surface area (Å²) in [5.74, 6) is 0.446. The molecule has 0 spiro atoms. The minimum absolute atomic E-state index is 0.264. The summed E-state index contributed by atoms with van der Waals surface area (Å²) in [4.78, 5) is 11.5. The zero-order valence-electron chi connectivity index (χ0n) is 11.0. The number of hydrogen-bond donors (Lipinski definition) is 2. The molecule has 0 radical (unpaired) electrons. The van der Waals surface area contributed by atoms with Gasteiger partial charge in [-0.25, -0.2) is 4.79 Å². The predicted octanol–water partition coefficient (Wildman–Crippen LogP) is 4.39. The molecule has 0 unspecified atom stereocenters. The molecule has 0 aromatic heterocycles. The van der Waals surface area contributed by atoms with Crippen LogP contribution in [0.3, 0.4) is 0 Å². The first-order chi connectivity index (χ1) is 10.2. The van der Waals surface area contributed by atoms with Crippen LogP contribution in [0.5, 0.6) is 11.5 Å². The SMILES string of the molecule is O=C(O)c1cc2c(c3ccccc13)Oc1ccccc1N2. The van der Waals surface area contributed by atoms with Gasteiger partial charge in [0.2, 0.25) is 0 Å². The Hall–Kier alpha value is -3.01. The Kier molecular flexibility index (Phi) is 2.38. The van der Waals surface area contributed by atoms with E-state index in [1.165, 1.54) is 0 Å². The van der Waals surface area contributed by atoms with Gasteiger partial charge in [0, 0.05) is 10.8 Å². The van der Waals surface area contributed by atoms with Crippen molar-refractivity contribution in [3.8, 4) is 11.5 Å². The van der Waals surface area contributed by atoms with Crippen molar-refractivity contribution in [3.05, 3.63) is 60.2 Å². The Bertz CT molecular complexity index is 886. The summed E-state index contributed by atoms with van der Waals surface area (Å²) in [6.45, 7) is 0. The summed E-state index contributed by atoms with van der Waals surface area (Å²) in [5, 5.41) is 14.1. The van der Waals surface area contributed by atoms with E-state index in [9.17, 15) is 9.90 Å². The molecule has 0 bridgehead atoms. The van der Waals surface area contributed by atoms with Crippen molar-refractivity contribution < 1.29 is 14.6 Å². The molecule has 0 fully saturated rings. The molecule has 0 saturated heterocycles. The van der Waals surface area contributed by atoms with Crippen LogP contribution in [0, 0.1) is 0 Å². The maximum atomic E-state index is 11.5. The number of carboxylic acid groups (broad SMARTS) is 1. The standard InChI is InChI=1S/C17H11NO3/c19-17(20)12-9-14-16(11-6-2-1-5-10(11)12)21-15-8-4-3-7-13(15)18-14/h1-9,18H,(H,19,20). The molecule has 3 aromatic carbocycles. The van der Waals surface area contributed by atoms with Crippen LogP contribution >= 0.6 is 0 Å². The molecular weight excluding hydrogens is 266 g/mol. The highest BCUT2D eigenvalue weighted by molar-refractivity contribution is 6.09. The van der Waals surface area contributed by atoms with E-state index in [1.54, 1.807) is 12.1 Å². The number of carbonyl (C=O) groups is 1. The minimum atomic E-state index is -0.949. The molecule has 4 heteroatoms. The molecule has 0 aliphatic carbocycles. The number of hydrogen-bond acceptors (Lipinski definition) is 3. The zero-order chi connectivity index (χ0) is 14.4. The molecule has 102 valence electrons. The highest BCUT2D eigenvalue weighted by Crippen LogP contribution is 2.46. The van der Waals surface area contributed by atoms with Crippen LogP contribution in [-0.4, -0.2) is 11.1 Å². The van der Waals surface area contributed by atoms with E-state index in [-0.39, 0.29) is 5.56 Å². The van der Waals surface area contributed by atoms with Gasteiger partial charge in [-0.3, -0.25) is 0 Å². The average Bonchev–Trinajstić information content (AvgIpc) is 2.52. The summed E-state index contributed by atoms with van der Waals surface area (Å²) in [5.41, 5.74) is 1.77. The van der Waals surface area contributed by atoms with Gasteiger partial charge in [0.1, 0.15) is 0 Å². The van der Waals surface area contributed by atoms with E-state index in [2.05, 4.69) is 5.32 Å². The number of para-hydroxylation sites is 2. The van der Waals surface area contributed by atoms with Crippen LogP contribution < -0.4 is 10.1 Å². The molecule has 3 aromatic rings. The van der Waals surface area contributed by atoms with E-state index < -0.39 is 5.97 Å². The molecule has 0 atom stereocenters. The molecule has 2 N–H and O–H groups in total. The highest BCUT2D eigenvalue weighted by Gasteiger charge is 2.22. The smallest absolute Gasteiger partial charge is 0.336 e. The van der Waals surface area contributed by atoms with Gasteiger partial charge in [0.25, 0.3) is 0 Å². The van der Waals surface area contributed by atoms with Gasteiger partial charge >= 0.3 is 5.97 Å². The fraction of sp³-hybridized carbons (Fsp3) is 0. The molecule has 0 amide bonds. The second-order valence-corrected chi connectivity index (χ2v) is 4.87. The van der Waals surface area contributed by atoms with Gasteiger partial charge in [-0.1, -0.05) is 36.4 Å². The van der Waals surface area contributed by atoms with Crippen molar-refractivity contribution in [2.75, 3.05) is 5.32 Å². The quantitative estimate of drug-likeness (QED) is 0.542. The van der Waals surface area contributed by atoms with Crippen molar-refractivity contribution >= 4 is 28.1 Å². The monoisotopic (exact) mass is 277 g/mol. The topological polar surface area (TPSA) is 58.6 Å². The first kappa shape index (κ1) is 11.8. The molecule has 21 heavy (non-hydrogen) atoms. The fourth-order valence-corrected chi connectivity index (χ4v) is 2.64. The van der Waals surface area contributed by atoms with Gasteiger partial charge in [0.05, 0.1) is 16.9 Å². The largest absolute Gasteiger partial charge is 0.478 e. The van der Waals surface area contributed by atoms with Crippen LogP contribution in [0.15, 0.2) is 54.6 Å². The molecule has 1 aliphatic heterocycles. The van der Waals surface area contributed by atoms with Gasteiger partial charge in [-0.05, 0) is 18.2 Å². The summed E-state index contributed by atoms with van der Waals surface area (Å²) in [6, 6.07) is 16.6. The summed E-state index contributed by atoms with van der Waals surface area (Å²) in [6.07, 6.45) is 0. The van der Waals surface area contributed by atoms with Crippen LogP contribution in [0.4, 0.5) is 11.4 Å². The number of benzene rings is 3. The van der Waals surface area contributed by atoms with Gasteiger partial charge in [0.15, 0.2) is 11.5 Å². The molecule has 1 heterocycles. The third kappa shape index (κ3) is 1.73. The fourth-order valence-electron chi connectivity index (χ4n) is 2.64. The Balaban J connectivity index is 2.02. The molecule has 0 saturated carbocycles. The predicted molar refractivity (Wildman–Crippen MR) is 80.7 cm³/mol. The number of ether oxygens (including phenoxy) is 1. The third-order valence-electron chi connectivity index (χ3n) is 3.59. The Morgan fingerprint density at radius 3 is 2.48 bits per heavy atom. The maximum Gasteiger partial charge on any atom is 0.336 e. The van der Waals surface area contributed by atoms with E-state index in [0.717, 1.165) is 16.8 Å². The van der Waals surface area contributed by atoms with Crippen molar-refractivity contribution in [2.24, 2.45) is 0 Å². The average molecular weight is 277 g/mol. The van der Waals surface area contributed by atoms with Crippen molar-refractivity contribution in [1.29, 1.82) is 0 Å². The lowest BCUT2D eigenvalue weighted by Crippen LogP contribution is -2.06.